The van der Waals surface area contributed by atoms with Crippen molar-refractivity contribution in [2.45, 2.75) is 45.3 Å². The van der Waals surface area contributed by atoms with Crippen molar-refractivity contribution in [2.75, 3.05) is 26.7 Å². The number of rotatable bonds is 4. The first-order valence-corrected chi connectivity index (χ1v) is 8.70. The van der Waals surface area contributed by atoms with Gasteiger partial charge in [0.25, 0.3) is 0 Å². The van der Waals surface area contributed by atoms with Crippen LogP contribution in [0.2, 0.25) is 0 Å². The molecule has 2 aliphatic rings. The van der Waals surface area contributed by atoms with Crippen LogP contribution in [0.4, 0.5) is 4.79 Å². The molecule has 0 aromatic heterocycles. The Morgan fingerprint density at radius 1 is 1.17 bits per heavy atom. The molecule has 3 rings (SSSR count). The number of carbonyl (C=O) groups excluding carboxylic acids is 1. The molecule has 2 fully saturated rings. The van der Waals surface area contributed by atoms with E-state index in [0.29, 0.717) is 5.92 Å². The lowest BCUT2D eigenvalue weighted by atomic mass is 9.92. The van der Waals surface area contributed by atoms with E-state index in [-0.39, 0.29) is 11.7 Å². The number of ether oxygens (including phenoxy) is 1. The zero-order valence-electron chi connectivity index (χ0n) is 14.5. The van der Waals surface area contributed by atoms with Crippen LogP contribution in [-0.4, -0.2) is 48.2 Å². The zero-order chi connectivity index (χ0) is 16.4. The van der Waals surface area contributed by atoms with Gasteiger partial charge in [-0.1, -0.05) is 38.1 Å². The maximum absolute atomic E-state index is 11.7. The molecule has 4 heteroatoms. The number of piperidine rings is 1. The average Bonchev–Trinajstić information content (AvgIpc) is 2.74. The van der Waals surface area contributed by atoms with Gasteiger partial charge in [-0.15, -0.1) is 0 Å². The topological polar surface area (TPSA) is 32.8 Å². The van der Waals surface area contributed by atoms with Crippen LogP contribution in [0, 0.1) is 5.92 Å². The van der Waals surface area contributed by atoms with Crippen LogP contribution in [0.15, 0.2) is 24.3 Å². The lowest BCUT2D eigenvalue weighted by Crippen LogP contribution is -2.50. The Bertz CT molecular complexity index is 555. The molecule has 0 N–H and O–H groups in total. The van der Waals surface area contributed by atoms with Gasteiger partial charge in [-0.05, 0) is 42.9 Å². The van der Waals surface area contributed by atoms with Crippen molar-refractivity contribution in [1.82, 2.24) is 9.80 Å². The Morgan fingerprint density at radius 2 is 1.87 bits per heavy atom. The smallest absolute Gasteiger partial charge is 0.410 e. The molecule has 2 saturated heterocycles. The minimum atomic E-state index is -0.290. The van der Waals surface area contributed by atoms with Crippen LogP contribution in [0.1, 0.15) is 37.8 Å². The van der Waals surface area contributed by atoms with Crippen molar-refractivity contribution in [3.05, 3.63) is 35.4 Å². The van der Waals surface area contributed by atoms with Crippen LogP contribution in [-0.2, 0) is 17.7 Å². The quantitative estimate of drug-likeness (QED) is 0.854. The second kappa shape index (κ2) is 6.52. The normalized spacial score (nSPS) is 25.4. The van der Waals surface area contributed by atoms with Gasteiger partial charge < -0.3 is 9.64 Å². The maximum atomic E-state index is 11.7. The van der Waals surface area contributed by atoms with E-state index in [1.165, 1.54) is 11.1 Å². The molecule has 1 spiro atoms. The average molecular weight is 316 g/mol. The molecule has 1 aromatic carbocycles. The second-order valence-corrected chi connectivity index (χ2v) is 7.64. The molecule has 23 heavy (non-hydrogen) atoms. The third-order valence-corrected chi connectivity index (χ3v) is 4.83. The molecule has 2 aliphatic heterocycles. The molecule has 4 nitrogen and oxygen atoms in total. The standard InChI is InChI=1S/C19H28N2O2/c1-15(2)11-16-5-7-17(8-6-16)12-21-10-4-9-19(14-21)13-20(3)18(22)23-19/h5-8,15H,4,9-14H2,1-3H3/t19-/m1/s1. The summed E-state index contributed by atoms with van der Waals surface area (Å²) in [5.74, 6) is 0.692. The van der Waals surface area contributed by atoms with E-state index in [1.807, 2.05) is 7.05 Å². The van der Waals surface area contributed by atoms with E-state index in [9.17, 15) is 4.79 Å². The Balaban J connectivity index is 1.61. The van der Waals surface area contributed by atoms with E-state index in [1.54, 1.807) is 4.90 Å². The molecule has 0 bridgehead atoms. The molecule has 0 saturated carbocycles. The van der Waals surface area contributed by atoms with Crippen LogP contribution >= 0.6 is 0 Å². The number of carbonyl (C=O) groups is 1. The fraction of sp³-hybridized carbons (Fsp3) is 0.632. The molecule has 0 aliphatic carbocycles. The van der Waals surface area contributed by atoms with Gasteiger partial charge in [-0.3, -0.25) is 4.90 Å². The SMILES string of the molecule is CC(C)Cc1ccc(CN2CCC[C@]3(C2)CN(C)C(=O)O3)cc1. The summed E-state index contributed by atoms with van der Waals surface area (Å²) in [5.41, 5.74) is 2.46. The highest BCUT2D eigenvalue weighted by molar-refractivity contribution is 5.70. The lowest BCUT2D eigenvalue weighted by molar-refractivity contribution is -0.0113. The molecule has 0 radical (unpaired) electrons. The van der Waals surface area contributed by atoms with Gasteiger partial charge in [0.05, 0.1) is 6.54 Å². The first-order valence-electron chi connectivity index (χ1n) is 8.70. The molecular formula is C19H28N2O2. The number of nitrogens with zero attached hydrogens (tertiary/aromatic N) is 2. The molecule has 2 heterocycles. The maximum Gasteiger partial charge on any atom is 0.410 e. The summed E-state index contributed by atoms with van der Waals surface area (Å²) in [5, 5.41) is 0. The highest BCUT2D eigenvalue weighted by atomic mass is 16.6. The summed E-state index contributed by atoms with van der Waals surface area (Å²) in [6.07, 6.45) is 3.03. The van der Waals surface area contributed by atoms with Gasteiger partial charge >= 0.3 is 6.09 Å². The molecule has 1 amide bonds. The predicted molar refractivity (Wildman–Crippen MR) is 91.3 cm³/mol. The Labute approximate surface area is 139 Å². The summed E-state index contributed by atoms with van der Waals surface area (Å²) in [6.45, 7) is 8.08. The molecule has 126 valence electrons. The third kappa shape index (κ3) is 3.86. The molecule has 1 atom stereocenters. The van der Waals surface area contributed by atoms with Gasteiger partial charge in [0, 0.05) is 20.1 Å². The summed E-state index contributed by atoms with van der Waals surface area (Å²) in [4.78, 5) is 15.8. The van der Waals surface area contributed by atoms with E-state index < -0.39 is 0 Å². The van der Waals surface area contributed by atoms with Crippen molar-refractivity contribution < 1.29 is 9.53 Å². The fourth-order valence-corrected chi connectivity index (χ4v) is 3.84. The van der Waals surface area contributed by atoms with Crippen molar-refractivity contribution in [3.8, 4) is 0 Å². The van der Waals surface area contributed by atoms with Crippen molar-refractivity contribution in [3.63, 3.8) is 0 Å². The van der Waals surface area contributed by atoms with Crippen LogP contribution in [0.3, 0.4) is 0 Å². The predicted octanol–water partition coefficient (Wildman–Crippen LogP) is 3.30. The zero-order valence-corrected chi connectivity index (χ0v) is 14.5. The highest BCUT2D eigenvalue weighted by Gasteiger charge is 2.46. The molecule has 1 aromatic rings. The second-order valence-electron chi connectivity index (χ2n) is 7.64. The van der Waals surface area contributed by atoms with E-state index in [4.69, 9.17) is 4.74 Å². The molecule has 0 unspecified atom stereocenters. The minimum Gasteiger partial charge on any atom is -0.440 e. The number of hydrogen-bond donors (Lipinski definition) is 0. The third-order valence-electron chi connectivity index (χ3n) is 4.83. The number of likely N-dealkylation sites (tertiary alicyclic amines) is 1. The number of amides is 1. The fourth-order valence-electron chi connectivity index (χ4n) is 3.84. The number of benzene rings is 1. The Kier molecular flexibility index (Phi) is 4.62. The van der Waals surface area contributed by atoms with Crippen molar-refractivity contribution in [2.24, 2.45) is 5.92 Å². The van der Waals surface area contributed by atoms with Gasteiger partial charge in [0.15, 0.2) is 0 Å². The number of hydrogen-bond acceptors (Lipinski definition) is 3. The summed E-state index contributed by atoms with van der Waals surface area (Å²) in [7, 11) is 1.82. The van der Waals surface area contributed by atoms with Crippen molar-refractivity contribution in [1.29, 1.82) is 0 Å². The van der Waals surface area contributed by atoms with E-state index in [2.05, 4.69) is 43.0 Å². The van der Waals surface area contributed by atoms with Crippen LogP contribution in [0.25, 0.3) is 0 Å². The lowest BCUT2D eigenvalue weighted by Gasteiger charge is -2.38. The minimum absolute atomic E-state index is 0.176. The summed E-state index contributed by atoms with van der Waals surface area (Å²) < 4.78 is 5.68. The van der Waals surface area contributed by atoms with E-state index >= 15 is 0 Å². The van der Waals surface area contributed by atoms with Crippen LogP contribution < -0.4 is 0 Å². The Morgan fingerprint density at radius 3 is 2.48 bits per heavy atom. The largest absolute Gasteiger partial charge is 0.440 e. The number of likely N-dealkylation sites (N-methyl/N-ethyl adjacent to an activating group) is 1. The van der Waals surface area contributed by atoms with Gasteiger partial charge in [-0.25, -0.2) is 4.79 Å². The summed E-state index contributed by atoms with van der Waals surface area (Å²) >= 11 is 0. The van der Waals surface area contributed by atoms with Gasteiger partial charge in [0.2, 0.25) is 0 Å². The Hall–Kier alpha value is -1.55. The highest BCUT2D eigenvalue weighted by Crippen LogP contribution is 2.32. The van der Waals surface area contributed by atoms with Crippen molar-refractivity contribution >= 4 is 6.09 Å². The van der Waals surface area contributed by atoms with E-state index in [0.717, 1.165) is 45.4 Å². The monoisotopic (exact) mass is 316 g/mol. The molecular weight excluding hydrogens is 288 g/mol. The first-order chi connectivity index (χ1) is 11.0. The summed E-state index contributed by atoms with van der Waals surface area (Å²) in [6, 6.07) is 8.98. The van der Waals surface area contributed by atoms with Crippen LogP contribution in [0.5, 0.6) is 0 Å². The van der Waals surface area contributed by atoms with Gasteiger partial charge in [-0.2, -0.15) is 0 Å². The van der Waals surface area contributed by atoms with Gasteiger partial charge in [0.1, 0.15) is 5.60 Å². The first kappa shape index (κ1) is 16.3.